The van der Waals surface area contributed by atoms with Crippen molar-refractivity contribution in [3.8, 4) is 0 Å². The number of aliphatic hydroxyl groups excluding tert-OH is 1. The van der Waals surface area contributed by atoms with Gasteiger partial charge >= 0.3 is 0 Å². The van der Waals surface area contributed by atoms with E-state index in [0.29, 0.717) is 16.6 Å². The quantitative estimate of drug-likeness (QED) is 0.650. The number of carbonyl (C=O) groups excluding carboxylic acids is 1. The van der Waals surface area contributed by atoms with Crippen LogP contribution in [0.2, 0.25) is 10.0 Å². The Hall–Kier alpha value is -1.21. The Kier molecular flexibility index (Phi) is 5.87. The molecule has 1 aliphatic rings. The summed E-state index contributed by atoms with van der Waals surface area (Å²) in [7, 11) is 0. The number of aliphatic hydroxyl groups is 1. The van der Waals surface area contributed by atoms with Crippen LogP contribution >= 0.6 is 39.1 Å². The first kappa shape index (κ1) is 19.5. The van der Waals surface area contributed by atoms with E-state index in [1.54, 1.807) is 12.1 Å². The number of anilines is 1. The molecule has 1 aliphatic heterocycles. The molecule has 3 nitrogen and oxygen atoms in total. The minimum absolute atomic E-state index is 0.0504. The van der Waals surface area contributed by atoms with Crippen molar-refractivity contribution < 1.29 is 18.7 Å². The van der Waals surface area contributed by atoms with E-state index in [0.717, 1.165) is 12.1 Å². The maximum absolute atomic E-state index is 14.0. The van der Waals surface area contributed by atoms with Gasteiger partial charge < -0.3 is 10.0 Å². The molecule has 1 N–H and O–H groups in total. The lowest BCUT2D eigenvalue weighted by molar-refractivity contribution is -0.120. The monoisotopic (exact) mass is 463 g/mol. The molecule has 2 aromatic rings. The van der Waals surface area contributed by atoms with E-state index < -0.39 is 23.7 Å². The number of piperidine rings is 1. The summed E-state index contributed by atoms with van der Waals surface area (Å²) in [4.78, 5) is 13.8. The van der Waals surface area contributed by atoms with E-state index in [-0.39, 0.29) is 34.5 Å². The van der Waals surface area contributed by atoms with Gasteiger partial charge in [-0.3, -0.25) is 4.79 Å². The van der Waals surface area contributed by atoms with Gasteiger partial charge in [-0.15, -0.1) is 0 Å². The minimum atomic E-state index is -1.39. The van der Waals surface area contributed by atoms with Gasteiger partial charge in [0, 0.05) is 23.4 Å². The van der Waals surface area contributed by atoms with Gasteiger partial charge in [-0.05, 0) is 30.7 Å². The first-order valence-electron chi connectivity index (χ1n) is 7.86. The zero-order valence-corrected chi connectivity index (χ0v) is 16.5. The SMILES string of the molecule is O=C1CC[C@H]([C@@H](O)c2c(F)cccc2F)CN1c1c(Cl)cc(Br)cc1Cl. The molecule has 1 saturated heterocycles. The fourth-order valence-electron chi connectivity index (χ4n) is 3.17. The second-order valence-corrected chi connectivity index (χ2v) is 7.83. The zero-order valence-electron chi connectivity index (χ0n) is 13.4. The van der Waals surface area contributed by atoms with Crippen LogP contribution in [0, 0.1) is 17.6 Å². The Bertz CT molecular complexity index is 822. The van der Waals surface area contributed by atoms with Gasteiger partial charge in [-0.25, -0.2) is 8.78 Å². The molecule has 3 rings (SSSR count). The number of amides is 1. The van der Waals surface area contributed by atoms with E-state index in [9.17, 15) is 18.7 Å². The Labute approximate surface area is 167 Å². The van der Waals surface area contributed by atoms with Gasteiger partial charge in [-0.1, -0.05) is 45.2 Å². The van der Waals surface area contributed by atoms with Crippen LogP contribution in [0.5, 0.6) is 0 Å². The fraction of sp³-hybridized carbons (Fsp3) is 0.278. The van der Waals surface area contributed by atoms with Crippen LogP contribution in [-0.4, -0.2) is 17.6 Å². The standard InChI is InChI=1S/C18H14BrCl2F2NO2/c19-10-6-11(20)17(12(21)7-10)24-8-9(4-5-15(24)25)18(26)16-13(22)2-1-3-14(16)23/h1-3,6-7,9,18,26H,4-5,8H2/t9-,18+/m0/s1. The smallest absolute Gasteiger partial charge is 0.227 e. The first-order valence-corrected chi connectivity index (χ1v) is 9.41. The number of nitrogens with zero attached hydrogens (tertiary/aromatic N) is 1. The Morgan fingerprint density at radius 3 is 2.35 bits per heavy atom. The Morgan fingerprint density at radius 2 is 1.77 bits per heavy atom. The molecule has 0 bridgehead atoms. The second kappa shape index (κ2) is 7.80. The Balaban J connectivity index is 1.93. The molecule has 8 heteroatoms. The van der Waals surface area contributed by atoms with Gasteiger partial charge in [0.15, 0.2) is 0 Å². The number of rotatable bonds is 3. The van der Waals surface area contributed by atoms with Gasteiger partial charge in [-0.2, -0.15) is 0 Å². The summed E-state index contributed by atoms with van der Waals surface area (Å²) in [5.74, 6) is -2.41. The number of benzene rings is 2. The predicted octanol–water partition coefficient (Wildman–Crippen LogP) is 5.51. The average Bonchev–Trinajstić information content (AvgIpc) is 2.55. The maximum Gasteiger partial charge on any atom is 0.227 e. The third kappa shape index (κ3) is 3.74. The molecule has 1 amide bonds. The molecule has 2 atom stereocenters. The molecule has 2 aromatic carbocycles. The molecular formula is C18H14BrCl2F2NO2. The molecule has 0 saturated carbocycles. The zero-order chi connectivity index (χ0) is 19.0. The summed E-state index contributed by atoms with van der Waals surface area (Å²) in [6.45, 7) is 0.0504. The van der Waals surface area contributed by atoms with Crippen molar-refractivity contribution in [2.24, 2.45) is 5.92 Å². The topological polar surface area (TPSA) is 40.5 Å². The summed E-state index contributed by atoms with van der Waals surface area (Å²) in [5, 5.41) is 11.1. The summed E-state index contributed by atoms with van der Waals surface area (Å²) >= 11 is 15.7. The molecule has 1 fully saturated rings. The van der Waals surface area contributed by atoms with E-state index in [4.69, 9.17) is 23.2 Å². The molecule has 0 aliphatic carbocycles. The van der Waals surface area contributed by atoms with Crippen LogP contribution < -0.4 is 4.90 Å². The average molecular weight is 465 g/mol. The van der Waals surface area contributed by atoms with E-state index >= 15 is 0 Å². The third-order valence-electron chi connectivity index (χ3n) is 4.44. The van der Waals surface area contributed by atoms with Gasteiger partial charge in [0.2, 0.25) is 5.91 Å². The lowest BCUT2D eigenvalue weighted by Gasteiger charge is -2.36. The van der Waals surface area contributed by atoms with Crippen LogP contribution in [0.3, 0.4) is 0 Å². The van der Waals surface area contributed by atoms with Crippen LogP contribution in [-0.2, 0) is 4.79 Å². The highest BCUT2D eigenvalue weighted by atomic mass is 79.9. The highest BCUT2D eigenvalue weighted by Gasteiger charge is 2.35. The number of carbonyl (C=O) groups is 1. The van der Waals surface area contributed by atoms with E-state index in [2.05, 4.69) is 15.9 Å². The van der Waals surface area contributed by atoms with Crippen molar-refractivity contribution in [2.45, 2.75) is 18.9 Å². The number of halogens is 5. The van der Waals surface area contributed by atoms with Crippen LogP contribution in [0.4, 0.5) is 14.5 Å². The molecule has 0 radical (unpaired) electrons. The Morgan fingerprint density at radius 1 is 1.19 bits per heavy atom. The highest BCUT2D eigenvalue weighted by Crippen LogP contribution is 2.41. The predicted molar refractivity (Wildman–Crippen MR) is 101 cm³/mol. The molecule has 138 valence electrons. The molecule has 1 heterocycles. The lowest BCUT2D eigenvalue weighted by Crippen LogP contribution is -2.42. The van der Waals surface area contributed by atoms with Crippen molar-refractivity contribution in [3.05, 3.63) is 62.0 Å². The fourth-order valence-corrected chi connectivity index (χ4v) is 4.58. The largest absolute Gasteiger partial charge is 0.388 e. The summed E-state index contributed by atoms with van der Waals surface area (Å²) in [5.41, 5.74) is -0.0627. The molecule has 0 aromatic heterocycles. The lowest BCUT2D eigenvalue weighted by atomic mass is 9.87. The summed E-state index contributed by atoms with van der Waals surface area (Å²) in [6, 6.07) is 6.63. The van der Waals surface area contributed by atoms with Crippen LogP contribution in [0.15, 0.2) is 34.8 Å². The molecule has 0 spiro atoms. The minimum Gasteiger partial charge on any atom is -0.388 e. The van der Waals surface area contributed by atoms with Crippen molar-refractivity contribution >= 4 is 50.7 Å². The third-order valence-corrected chi connectivity index (χ3v) is 5.47. The van der Waals surface area contributed by atoms with Crippen molar-refractivity contribution in [3.63, 3.8) is 0 Å². The first-order chi connectivity index (χ1) is 12.3. The van der Waals surface area contributed by atoms with Crippen LogP contribution in [0.1, 0.15) is 24.5 Å². The maximum atomic E-state index is 14.0. The molecule has 26 heavy (non-hydrogen) atoms. The summed E-state index contributed by atoms with van der Waals surface area (Å²) in [6.07, 6.45) is -0.976. The van der Waals surface area contributed by atoms with Gasteiger partial charge in [0.1, 0.15) is 11.6 Å². The van der Waals surface area contributed by atoms with Crippen molar-refractivity contribution in [2.75, 3.05) is 11.4 Å². The number of hydrogen-bond acceptors (Lipinski definition) is 2. The molecular weight excluding hydrogens is 451 g/mol. The second-order valence-electron chi connectivity index (χ2n) is 6.10. The van der Waals surface area contributed by atoms with Gasteiger partial charge in [0.05, 0.1) is 27.4 Å². The highest BCUT2D eigenvalue weighted by molar-refractivity contribution is 9.10. The van der Waals surface area contributed by atoms with E-state index in [1.807, 2.05) is 0 Å². The normalized spacial score (nSPS) is 18.9. The molecule has 0 unspecified atom stereocenters. The van der Waals surface area contributed by atoms with Crippen LogP contribution in [0.25, 0.3) is 0 Å². The van der Waals surface area contributed by atoms with Crippen molar-refractivity contribution in [1.82, 2.24) is 0 Å². The number of hydrogen-bond donors (Lipinski definition) is 1. The van der Waals surface area contributed by atoms with E-state index in [1.165, 1.54) is 11.0 Å². The van der Waals surface area contributed by atoms with Crippen molar-refractivity contribution in [1.29, 1.82) is 0 Å². The van der Waals surface area contributed by atoms with Gasteiger partial charge in [0.25, 0.3) is 0 Å². The summed E-state index contributed by atoms with van der Waals surface area (Å²) < 4.78 is 28.7.